The molecule has 0 aliphatic heterocycles. The van der Waals surface area contributed by atoms with E-state index < -0.39 is 11.4 Å². The van der Waals surface area contributed by atoms with Gasteiger partial charge in [0.15, 0.2) is 12.4 Å². The molecule has 0 atom stereocenters. The summed E-state index contributed by atoms with van der Waals surface area (Å²) in [5.41, 5.74) is 1.37. The molecule has 0 amide bonds. The van der Waals surface area contributed by atoms with E-state index in [1.807, 2.05) is 6.07 Å². The second-order valence-electron chi connectivity index (χ2n) is 6.07. The number of hydrogen-bond donors (Lipinski definition) is 0. The van der Waals surface area contributed by atoms with E-state index in [1.54, 1.807) is 12.1 Å². The highest BCUT2D eigenvalue weighted by atomic mass is 19.1. The number of carbonyl (C=O) groups excluding carboxylic acids is 1. The topological polar surface area (TPSA) is 56.5 Å². The summed E-state index contributed by atoms with van der Waals surface area (Å²) in [5.74, 6) is -0.224. The first kappa shape index (κ1) is 17.9. The van der Waals surface area contributed by atoms with Crippen molar-refractivity contribution in [1.82, 2.24) is 0 Å². The fourth-order valence-electron chi connectivity index (χ4n) is 2.74. The third kappa shape index (κ3) is 4.17. The van der Waals surface area contributed by atoms with Crippen molar-refractivity contribution in [3.8, 4) is 5.75 Å². The first-order valence-corrected chi connectivity index (χ1v) is 8.55. The highest BCUT2D eigenvalue weighted by Crippen LogP contribution is 2.24. The lowest BCUT2D eigenvalue weighted by Crippen LogP contribution is -2.11. The number of hydrogen-bond acceptors (Lipinski definition) is 4. The van der Waals surface area contributed by atoms with Gasteiger partial charge >= 0.3 is 5.63 Å². The molecule has 0 spiro atoms. The maximum Gasteiger partial charge on any atom is 0.336 e. The molecule has 0 saturated heterocycles. The number of rotatable bonds is 7. The average Bonchev–Trinajstić information content (AvgIpc) is 2.64. The average molecular weight is 354 g/mol. The molecule has 0 aliphatic carbocycles. The van der Waals surface area contributed by atoms with E-state index in [2.05, 4.69) is 6.92 Å². The summed E-state index contributed by atoms with van der Waals surface area (Å²) in [6.07, 6.45) is 2.83. The number of fused-ring (bicyclic) bond motifs is 1. The van der Waals surface area contributed by atoms with Gasteiger partial charge in [-0.05, 0) is 54.8 Å². The van der Waals surface area contributed by atoms with Crippen molar-refractivity contribution in [3.63, 3.8) is 0 Å². The fourth-order valence-corrected chi connectivity index (χ4v) is 2.74. The minimum absolute atomic E-state index is 0.184. The van der Waals surface area contributed by atoms with Crippen LogP contribution in [-0.4, -0.2) is 12.4 Å². The van der Waals surface area contributed by atoms with Gasteiger partial charge in [0, 0.05) is 23.1 Å². The molecule has 3 rings (SSSR count). The second kappa shape index (κ2) is 7.95. The largest absolute Gasteiger partial charge is 0.485 e. The van der Waals surface area contributed by atoms with Crippen LogP contribution in [0.1, 0.15) is 35.7 Å². The van der Waals surface area contributed by atoms with Crippen molar-refractivity contribution in [2.75, 3.05) is 6.61 Å². The molecule has 0 bridgehead atoms. The van der Waals surface area contributed by atoms with E-state index in [-0.39, 0.29) is 12.4 Å². The van der Waals surface area contributed by atoms with Crippen LogP contribution in [0.2, 0.25) is 0 Å². The van der Waals surface area contributed by atoms with Crippen LogP contribution in [0.25, 0.3) is 11.0 Å². The van der Waals surface area contributed by atoms with Crippen LogP contribution in [0.15, 0.2) is 57.7 Å². The number of carbonyl (C=O) groups is 1. The number of unbranched alkanes of at least 4 members (excludes halogenated alkanes) is 1. The lowest BCUT2D eigenvalue weighted by atomic mass is 10.0. The van der Waals surface area contributed by atoms with E-state index in [0.29, 0.717) is 16.9 Å². The zero-order valence-electron chi connectivity index (χ0n) is 14.5. The third-order valence-electron chi connectivity index (χ3n) is 4.14. The molecule has 26 heavy (non-hydrogen) atoms. The molecule has 1 aromatic heterocycles. The first-order chi connectivity index (χ1) is 12.6. The summed E-state index contributed by atoms with van der Waals surface area (Å²) in [6, 6.07) is 12.0. The number of Topliss-reactive ketones (excluding diaryl/α,β-unsaturated/α-hetero) is 1. The van der Waals surface area contributed by atoms with Crippen molar-refractivity contribution in [2.24, 2.45) is 0 Å². The molecule has 134 valence electrons. The zero-order valence-corrected chi connectivity index (χ0v) is 14.5. The van der Waals surface area contributed by atoms with Crippen LogP contribution in [0.4, 0.5) is 4.39 Å². The molecule has 0 fully saturated rings. The van der Waals surface area contributed by atoms with Gasteiger partial charge < -0.3 is 9.15 Å². The summed E-state index contributed by atoms with van der Waals surface area (Å²) >= 11 is 0. The van der Waals surface area contributed by atoms with Crippen molar-refractivity contribution in [3.05, 3.63) is 75.9 Å². The molecule has 0 aliphatic rings. The summed E-state index contributed by atoms with van der Waals surface area (Å²) in [6.45, 7) is 1.91. The predicted octanol–water partition coefficient (Wildman–Crippen LogP) is 4.54. The van der Waals surface area contributed by atoms with E-state index in [9.17, 15) is 14.0 Å². The highest BCUT2D eigenvalue weighted by molar-refractivity contribution is 5.97. The van der Waals surface area contributed by atoms with E-state index in [4.69, 9.17) is 9.15 Å². The van der Waals surface area contributed by atoms with Crippen LogP contribution in [0.3, 0.4) is 0 Å². The van der Waals surface area contributed by atoms with Crippen LogP contribution < -0.4 is 10.4 Å². The molecule has 0 radical (unpaired) electrons. The quantitative estimate of drug-likeness (QED) is 0.462. The van der Waals surface area contributed by atoms with Crippen LogP contribution in [0, 0.1) is 5.82 Å². The third-order valence-corrected chi connectivity index (χ3v) is 4.14. The van der Waals surface area contributed by atoms with Gasteiger partial charge in [-0.25, -0.2) is 9.18 Å². The van der Waals surface area contributed by atoms with Gasteiger partial charge in [-0.3, -0.25) is 4.79 Å². The molecule has 2 aromatic carbocycles. The van der Waals surface area contributed by atoms with Crippen molar-refractivity contribution in [1.29, 1.82) is 0 Å². The standard InChI is InChI=1S/C21H19FO4/c1-2-3-4-15-11-21(24)26-20-12-17(9-10-18(15)20)25-13-19(23)14-5-7-16(22)8-6-14/h5-12H,2-4,13H2,1H3. The van der Waals surface area contributed by atoms with Gasteiger partial charge in [-0.2, -0.15) is 0 Å². The van der Waals surface area contributed by atoms with Crippen molar-refractivity contribution < 1.29 is 18.3 Å². The molecule has 4 nitrogen and oxygen atoms in total. The molecular weight excluding hydrogens is 335 g/mol. The number of halogens is 1. The Morgan fingerprint density at radius 3 is 2.62 bits per heavy atom. The number of aryl methyl sites for hydroxylation is 1. The Morgan fingerprint density at radius 1 is 1.12 bits per heavy atom. The molecular formula is C21H19FO4. The van der Waals surface area contributed by atoms with Crippen molar-refractivity contribution in [2.45, 2.75) is 26.2 Å². The minimum atomic E-state index is -0.400. The molecule has 0 unspecified atom stereocenters. The smallest absolute Gasteiger partial charge is 0.336 e. The second-order valence-corrected chi connectivity index (χ2v) is 6.07. The van der Waals surface area contributed by atoms with Gasteiger partial charge in [0.2, 0.25) is 0 Å². The Kier molecular flexibility index (Phi) is 5.46. The maximum absolute atomic E-state index is 12.9. The summed E-state index contributed by atoms with van der Waals surface area (Å²) in [5, 5.41) is 0.871. The first-order valence-electron chi connectivity index (χ1n) is 8.55. The monoisotopic (exact) mass is 354 g/mol. The van der Waals surface area contributed by atoms with Crippen LogP contribution in [0.5, 0.6) is 5.75 Å². The summed E-state index contributed by atoms with van der Waals surface area (Å²) < 4.78 is 23.7. The molecule has 0 saturated carbocycles. The zero-order chi connectivity index (χ0) is 18.5. The summed E-state index contributed by atoms with van der Waals surface area (Å²) in [4.78, 5) is 23.9. The minimum Gasteiger partial charge on any atom is -0.485 e. The number of benzene rings is 2. The van der Waals surface area contributed by atoms with Gasteiger partial charge in [0.25, 0.3) is 0 Å². The lowest BCUT2D eigenvalue weighted by Gasteiger charge is -2.08. The SMILES string of the molecule is CCCCc1cc(=O)oc2cc(OCC(=O)c3ccc(F)cc3)ccc12. The Balaban J connectivity index is 1.77. The Bertz CT molecular complexity index is 973. The van der Waals surface area contributed by atoms with Gasteiger partial charge in [0.1, 0.15) is 17.1 Å². The number of ketones is 1. The molecule has 3 aromatic rings. The van der Waals surface area contributed by atoms with E-state index in [1.165, 1.54) is 30.3 Å². The number of ether oxygens (including phenoxy) is 1. The van der Waals surface area contributed by atoms with Crippen LogP contribution in [-0.2, 0) is 6.42 Å². The highest BCUT2D eigenvalue weighted by Gasteiger charge is 2.10. The maximum atomic E-state index is 12.9. The lowest BCUT2D eigenvalue weighted by molar-refractivity contribution is 0.0921. The molecule has 5 heteroatoms. The normalized spacial score (nSPS) is 10.8. The van der Waals surface area contributed by atoms with E-state index >= 15 is 0 Å². The van der Waals surface area contributed by atoms with Crippen molar-refractivity contribution >= 4 is 16.8 Å². The molecule has 1 heterocycles. The Labute approximate surface area is 150 Å². The van der Waals surface area contributed by atoms with Gasteiger partial charge in [-0.1, -0.05) is 13.3 Å². The summed E-state index contributed by atoms with van der Waals surface area (Å²) in [7, 11) is 0. The van der Waals surface area contributed by atoms with E-state index in [0.717, 1.165) is 30.2 Å². The van der Waals surface area contributed by atoms with Gasteiger partial charge in [-0.15, -0.1) is 0 Å². The molecule has 0 N–H and O–H groups in total. The predicted molar refractivity (Wildman–Crippen MR) is 97.3 cm³/mol. The van der Waals surface area contributed by atoms with Crippen LogP contribution >= 0.6 is 0 Å². The van der Waals surface area contributed by atoms with Gasteiger partial charge in [0.05, 0.1) is 0 Å². The Morgan fingerprint density at radius 2 is 1.88 bits per heavy atom. The fraction of sp³-hybridized carbons (Fsp3) is 0.238. The Hall–Kier alpha value is -2.95.